The summed E-state index contributed by atoms with van der Waals surface area (Å²) in [6.45, 7) is 14.5. The molecule has 28 heavy (non-hydrogen) atoms. The highest BCUT2D eigenvalue weighted by Gasteiger charge is 2.07. The summed E-state index contributed by atoms with van der Waals surface area (Å²) in [5.74, 6) is 0.782. The molecule has 0 bridgehead atoms. The Balaban J connectivity index is 0.00000171. The summed E-state index contributed by atoms with van der Waals surface area (Å²) in [4.78, 5) is 11.1. The number of aldehydes is 1. The van der Waals surface area contributed by atoms with Crippen LogP contribution in [0.5, 0.6) is 5.75 Å². The third-order valence-corrected chi connectivity index (χ3v) is 3.51. The summed E-state index contributed by atoms with van der Waals surface area (Å²) in [6.07, 6.45) is 9.33. The molecule has 0 atom stereocenters. The fourth-order valence-electron chi connectivity index (χ4n) is 2.29. The van der Waals surface area contributed by atoms with Crippen LogP contribution in [0.4, 0.5) is 0 Å². The van der Waals surface area contributed by atoms with E-state index >= 15 is 0 Å². The molecule has 0 heterocycles. The van der Waals surface area contributed by atoms with Crippen LogP contribution in [-0.2, 0) is 13.0 Å². The van der Waals surface area contributed by atoms with E-state index in [0.29, 0.717) is 18.6 Å². The van der Waals surface area contributed by atoms with Crippen molar-refractivity contribution in [2.24, 2.45) is 0 Å². The first-order valence-corrected chi connectivity index (χ1v) is 9.95. The molecular formula is C26H34O2. The van der Waals surface area contributed by atoms with Gasteiger partial charge in [0.05, 0.1) is 0 Å². The number of hydrogen-bond acceptors (Lipinski definition) is 2. The molecule has 0 aromatic heterocycles. The van der Waals surface area contributed by atoms with Crippen LogP contribution in [0.2, 0.25) is 0 Å². The Bertz CT molecular complexity index is 740. The summed E-state index contributed by atoms with van der Waals surface area (Å²) >= 11 is 0. The quantitative estimate of drug-likeness (QED) is 0.354. The van der Waals surface area contributed by atoms with Crippen molar-refractivity contribution in [2.75, 3.05) is 0 Å². The molecular weight excluding hydrogens is 344 g/mol. The molecule has 0 amide bonds. The van der Waals surface area contributed by atoms with Crippen molar-refractivity contribution in [3.8, 4) is 5.75 Å². The van der Waals surface area contributed by atoms with Crippen molar-refractivity contribution >= 4 is 6.29 Å². The van der Waals surface area contributed by atoms with Gasteiger partial charge in [0.15, 0.2) is 0 Å². The summed E-state index contributed by atoms with van der Waals surface area (Å²) in [6, 6.07) is 15.5. The molecule has 0 saturated carbocycles. The number of allylic oxidation sites excluding steroid dienone is 5. The Morgan fingerprint density at radius 1 is 1.00 bits per heavy atom. The second-order valence-electron chi connectivity index (χ2n) is 5.48. The molecule has 2 heteroatoms. The van der Waals surface area contributed by atoms with Gasteiger partial charge in [-0.15, -0.1) is 0 Å². The van der Waals surface area contributed by atoms with E-state index < -0.39 is 0 Å². The van der Waals surface area contributed by atoms with Gasteiger partial charge in [-0.2, -0.15) is 0 Å². The summed E-state index contributed by atoms with van der Waals surface area (Å²) < 4.78 is 5.95. The van der Waals surface area contributed by atoms with Crippen LogP contribution in [0.25, 0.3) is 0 Å². The van der Waals surface area contributed by atoms with Crippen molar-refractivity contribution in [3.05, 3.63) is 102 Å². The molecule has 0 aliphatic carbocycles. The van der Waals surface area contributed by atoms with Crippen molar-refractivity contribution in [3.63, 3.8) is 0 Å². The van der Waals surface area contributed by atoms with E-state index in [1.165, 1.54) is 0 Å². The van der Waals surface area contributed by atoms with Crippen LogP contribution in [0.15, 0.2) is 85.0 Å². The van der Waals surface area contributed by atoms with Crippen molar-refractivity contribution in [1.82, 2.24) is 0 Å². The fraction of sp³-hybridized carbons (Fsp3) is 0.269. The van der Waals surface area contributed by atoms with Crippen LogP contribution in [0.1, 0.15) is 56.1 Å². The molecule has 150 valence electrons. The monoisotopic (exact) mass is 378 g/mol. The van der Waals surface area contributed by atoms with Gasteiger partial charge in [-0.3, -0.25) is 4.79 Å². The predicted octanol–water partition coefficient (Wildman–Crippen LogP) is 7.36. The van der Waals surface area contributed by atoms with E-state index in [9.17, 15) is 4.79 Å². The van der Waals surface area contributed by atoms with E-state index in [-0.39, 0.29) is 0 Å². The molecule has 2 rings (SSSR count). The van der Waals surface area contributed by atoms with E-state index in [0.717, 1.165) is 28.7 Å². The molecule has 0 aliphatic heterocycles. The molecule has 2 aromatic carbocycles. The van der Waals surface area contributed by atoms with Gasteiger partial charge in [-0.1, -0.05) is 94.5 Å². The first kappa shape index (κ1) is 25.1. The van der Waals surface area contributed by atoms with Crippen molar-refractivity contribution in [1.29, 1.82) is 0 Å². The maximum atomic E-state index is 11.1. The highest BCUT2D eigenvalue weighted by atomic mass is 16.5. The number of ether oxygens (including phenoxy) is 1. The van der Waals surface area contributed by atoms with Gasteiger partial charge in [0, 0.05) is 12.0 Å². The number of rotatable bonds is 8. The lowest BCUT2D eigenvalue weighted by atomic mass is 10.0. The lowest BCUT2D eigenvalue weighted by Crippen LogP contribution is -2.00. The Hall–Kier alpha value is -2.87. The molecule has 2 nitrogen and oxygen atoms in total. The maximum Gasteiger partial charge on any atom is 0.150 e. The fourth-order valence-corrected chi connectivity index (χ4v) is 2.29. The standard InChI is InChI=1S/C22H22O2.2C2H6/c1-3-4-6-9-18(2)14-21-15-20(16-23)12-13-22(21)24-17-19-10-7-5-8-11-19;2*1-2/h3-13,15-16H,2,14,17H2,1H3;2*1-2H3/b4-3-,9-6-;;. The smallest absolute Gasteiger partial charge is 0.150 e. The first-order valence-electron chi connectivity index (χ1n) is 9.95. The maximum absolute atomic E-state index is 11.1. The van der Waals surface area contributed by atoms with E-state index in [1.807, 2.05) is 101 Å². The van der Waals surface area contributed by atoms with Crippen LogP contribution in [0, 0.1) is 0 Å². The summed E-state index contributed by atoms with van der Waals surface area (Å²) in [7, 11) is 0. The minimum absolute atomic E-state index is 0.495. The second kappa shape index (κ2) is 16.3. The largest absolute Gasteiger partial charge is 0.489 e. The highest BCUT2D eigenvalue weighted by Crippen LogP contribution is 2.24. The molecule has 0 N–H and O–H groups in total. The SMILES string of the molecule is C=C(/C=C\C=C/C)Cc1cc(C=O)ccc1OCc1ccccc1.CC.CC. The van der Waals surface area contributed by atoms with Gasteiger partial charge < -0.3 is 4.74 Å². The number of carbonyl (C=O) groups excluding carboxylic acids is 1. The topological polar surface area (TPSA) is 26.3 Å². The molecule has 0 spiro atoms. The van der Waals surface area contributed by atoms with Gasteiger partial charge in [0.2, 0.25) is 0 Å². The lowest BCUT2D eigenvalue weighted by Gasteiger charge is -2.12. The van der Waals surface area contributed by atoms with Gasteiger partial charge >= 0.3 is 0 Å². The summed E-state index contributed by atoms with van der Waals surface area (Å²) in [5.41, 5.74) is 3.67. The molecule has 0 saturated heterocycles. The van der Waals surface area contributed by atoms with Gasteiger partial charge in [-0.05, 0) is 36.2 Å². The molecule has 0 fully saturated rings. The zero-order chi connectivity index (χ0) is 21.2. The Morgan fingerprint density at radius 3 is 2.29 bits per heavy atom. The number of hydrogen-bond donors (Lipinski definition) is 0. The van der Waals surface area contributed by atoms with Crippen LogP contribution < -0.4 is 4.74 Å². The minimum Gasteiger partial charge on any atom is -0.489 e. The number of benzene rings is 2. The third kappa shape index (κ3) is 9.72. The Morgan fingerprint density at radius 2 is 1.68 bits per heavy atom. The van der Waals surface area contributed by atoms with Crippen molar-refractivity contribution < 1.29 is 9.53 Å². The van der Waals surface area contributed by atoms with Gasteiger partial charge in [-0.25, -0.2) is 0 Å². The highest BCUT2D eigenvalue weighted by molar-refractivity contribution is 5.75. The minimum atomic E-state index is 0.495. The Labute approximate surface area is 171 Å². The predicted molar refractivity (Wildman–Crippen MR) is 122 cm³/mol. The normalized spacial score (nSPS) is 9.89. The van der Waals surface area contributed by atoms with E-state index in [1.54, 1.807) is 6.07 Å². The van der Waals surface area contributed by atoms with Crippen LogP contribution >= 0.6 is 0 Å². The zero-order valence-electron chi connectivity index (χ0n) is 17.9. The van der Waals surface area contributed by atoms with Crippen LogP contribution in [0.3, 0.4) is 0 Å². The molecule has 0 aliphatic rings. The first-order chi connectivity index (χ1) is 13.7. The molecule has 2 aromatic rings. The molecule has 0 radical (unpaired) electrons. The van der Waals surface area contributed by atoms with E-state index in [4.69, 9.17) is 4.74 Å². The lowest BCUT2D eigenvalue weighted by molar-refractivity contribution is 0.112. The van der Waals surface area contributed by atoms with Crippen LogP contribution in [-0.4, -0.2) is 6.29 Å². The third-order valence-electron chi connectivity index (χ3n) is 3.51. The summed E-state index contributed by atoms with van der Waals surface area (Å²) in [5, 5.41) is 0. The Kier molecular flexibility index (Phi) is 14.6. The van der Waals surface area contributed by atoms with Gasteiger partial charge in [0.1, 0.15) is 18.6 Å². The second-order valence-corrected chi connectivity index (χ2v) is 5.48. The van der Waals surface area contributed by atoms with Gasteiger partial charge in [0.25, 0.3) is 0 Å². The van der Waals surface area contributed by atoms with E-state index in [2.05, 4.69) is 6.58 Å². The molecule has 0 unspecified atom stereocenters. The zero-order valence-corrected chi connectivity index (χ0v) is 17.9. The number of carbonyl (C=O) groups is 1. The van der Waals surface area contributed by atoms with Crippen molar-refractivity contribution in [2.45, 2.75) is 47.6 Å². The average Bonchev–Trinajstić information content (AvgIpc) is 2.76. The average molecular weight is 379 g/mol.